The number of aliphatic hydroxyl groups is 1. The lowest BCUT2D eigenvalue weighted by Crippen LogP contribution is -2.22. The van der Waals surface area contributed by atoms with Gasteiger partial charge in [-0.25, -0.2) is 4.99 Å². The fourth-order valence-corrected chi connectivity index (χ4v) is 3.82. The summed E-state index contributed by atoms with van der Waals surface area (Å²) in [7, 11) is 0. The van der Waals surface area contributed by atoms with Gasteiger partial charge in [0.15, 0.2) is 0 Å². The summed E-state index contributed by atoms with van der Waals surface area (Å²) in [6.07, 6.45) is 2.44. The molecule has 2 heterocycles. The number of rotatable bonds is 5. The van der Waals surface area contributed by atoms with E-state index >= 15 is 0 Å². The first-order valence-corrected chi connectivity index (χ1v) is 9.82. The molecule has 1 unspecified atom stereocenters. The van der Waals surface area contributed by atoms with Crippen molar-refractivity contribution in [1.82, 2.24) is 9.88 Å². The Morgan fingerprint density at radius 3 is 2.66 bits per heavy atom. The molecule has 0 saturated carbocycles. The van der Waals surface area contributed by atoms with E-state index < -0.39 is 17.7 Å². The second kappa shape index (κ2) is 7.99. The summed E-state index contributed by atoms with van der Waals surface area (Å²) in [4.78, 5) is 29.6. The van der Waals surface area contributed by atoms with E-state index in [-0.39, 0.29) is 12.3 Å². The second-order valence-electron chi connectivity index (χ2n) is 6.72. The highest BCUT2D eigenvalue weighted by molar-refractivity contribution is 6.52. The van der Waals surface area contributed by atoms with Crippen molar-refractivity contribution in [3.63, 3.8) is 0 Å². The van der Waals surface area contributed by atoms with Gasteiger partial charge in [-0.1, -0.05) is 41.4 Å². The van der Waals surface area contributed by atoms with Gasteiger partial charge in [-0.2, -0.15) is 0 Å². The number of carbonyl (C=O) groups is 2. The van der Waals surface area contributed by atoms with Crippen molar-refractivity contribution in [2.24, 2.45) is 4.99 Å². The summed E-state index contributed by atoms with van der Waals surface area (Å²) in [5.74, 6) is -1.78. The molecule has 6 nitrogen and oxygen atoms in total. The fourth-order valence-electron chi connectivity index (χ4n) is 3.53. The number of para-hydroxylation sites is 1. The number of aliphatic hydroxyl groups excluding tert-OH is 1. The summed E-state index contributed by atoms with van der Waals surface area (Å²) >= 11 is 12.0. The minimum absolute atomic E-state index is 0.0638. The molecule has 29 heavy (non-hydrogen) atoms. The number of halogens is 2. The van der Waals surface area contributed by atoms with Crippen LogP contribution in [0, 0.1) is 0 Å². The smallest absolute Gasteiger partial charge is 0.273 e. The summed E-state index contributed by atoms with van der Waals surface area (Å²) in [5, 5.41) is 13.1. The van der Waals surface area contributed by atoms with Crippen LogP contribution in [0.2, 0.25) is 10.0 Å². The minimum atomic E-state index is -0.836. The highest BCUT2D eigenvalue weighted by atomic mass is 35.5. The van der Waals surface area contributed by atoms with Crippen LogP contribution in [0.5, 0.6) is 0 Å². The number of fused-ring (bicyclic) bond motifs is 1. The molecule has 0 spiro atoms. The third-order valence-electron chi connectivity index (χ3n) is 4.85. The van der Waals surface area contributed by atoms with E-state index in [9.17, 15) is 14.7 Å². The monoisotopic (exact) mass is 429 g/mol. The largest absolute Gasteiger partial charge is 0.396 e. The average Bonchev–Trinajstić information content (AvgIpc) is 3.20. The van der Waals surface area contributed by atoms with Crippen LogP contribution in [-0.2, 0) is 16.1 Å². The molecule has 2 amide bonds. The number of nitrogens with one attached hydrogen (secondary N) is 1. The van der Waals surface area contributed by atoms with E-state index in [1.54, 1.807) is 18.2 Å². The highest BCUT2D eigenvalue weighted by Crippen LogP contribution is 2.34. The van der Waals surface area contributed by atoms with Crippen LogP contribution in [-0.4, -0.2) is 33.8 Å². The summed E-state index contributed by atoms with van der Waals surface area (Å²) in [6.45, 7) is 0.660. The van der Waals surface area contributed by atoms with Crippen LogP contribution in [0.25, 0.3) is 10.9 Å². The van der Waals surface area contributed by atoms with Gasteiger partial charge >= 0.3 is 0 Å². The van der Waals surface area contributed by atoms with Crippen LogP contribution < -0.4 is 5.32 Å². The maximum Gasteiger partial charge on any atom is 0.273 e. The van der Waals surface area contributed by atoms with Crippen LogP contribution in [0.3, 0.4) is 0 Å². The van der Waals surface area contributed by atoms with Crippen molar-refractivity contribution in [2.45, 2.75) is 18.9 Å². The zero-order valence-electron chi connectivity index (χ0n) is 15.2. The molecule has 1 aliphatic rings. The number of carbonyl (C=O) groups excluding carboxylic acids is 2. The number of nitrogens with zero attached hydrogens (tertiary/aromatic N) is 2. The lowest BCUT2D eigenvalue weighted by molar-refractivity contribution is -0.124. The summed E-state index contributed by atoms with van der Waals surface area (Å²) in [6, 6.07) is 12.4. The first-order valence-electron chi connectivity index (χ1n) is 9.07. The van der Waals surface area contributed by atoms with Gasteiger partial charge < -0.3 is 9.67 Å². The van der Waals surface area contributed by atoms with Crippen molar-refractivity contribution in [3.05, 3.63) is 64.3 Å². The molecule has 1 fully saturated rings. The molecule has 0 radical (unpaired) electrons. The molecule has 8 heteroatoms. The molecule has 2 N–H and O–H groups in total. The zero-order chi connectivity index (χ0) is 20.5. The van der Waals surface area contributed by atoms with Crippen molar-refractivity contribution in [3.8, 4) is 0 Å². The maximum atomic E-state index is 12.7. The Morgan fingerprint density at radius 1 is 1.10 bits per heavy atom. The average molecular weight is 430 g/mol. The minimum Gasteiger partial charge on any atom is -0.396 e. The van der Waals surface area contributed by atoms with Crippen molar-refractivity contribution in [2.75, 3.05) is 6.61 Å². The normalized spacial score (nSPS) is 18.0. The molecule has 2 aromatic carbocycles. The van der Waals surface area contributed by atoms with Crippen LogP contribution in [0.15, 0.2) is 53.7 Å². The van der Waals surface area contributed by atoms with Gasteiger partial charge in [-0.15, -0.1) is 0 Å². The first-order chi connectivity index (χ1) is 14.0. The van der Waals surface area contributed by atoms with Gasteiger partial charge in [-0.3, -0.25) is 14.9 Å². The third-order valence-corrected chi connectivity index (χ3v) is 5.58. The Balaban J connectivity index is 1.84. The Bertz CT molecular complexity index is 1150. The SMILES string of the molecule is O=C1NC(=O)C(c2cn(CCCO)c3ccccc23)C1=Nc1ccc(Cl)c(Cl)c1. The van der Waals surface area contributed by atoms with Crippen molar-refractivity contribution < 1.29 is 14.7 Å². The molecule has 1 aromatic heterocycles. The number of hydrogen-bond donors (Lipinski definition) is 2. The van der Waals surface area contributed by atoms with E-state index in [1.807, 2.05) is 35.0 Å². The summed E-state index contributed by atoms with van der Waals surface area (Å²) < 4.78 is 1.98. The molecule has 0 bridgehead atoms. The third kappa shape index (κ3) is 3.67. The standard InChI is InChI=1S/C21H17Cl2N3O3/c22-15-7-6-12(10-16(15)23)24-19-18(20(28)25-21(19)29)14-11-26(8-3-9-27)17-5-2-1-4-13(14)17/h1-2,4-7,10-11,18,27H,3,8-9H2,(H,25,28,29). The molecule has 148 valence electrons. The number of aryl methyl sites for hydroxylation is 1. The maximum absolute atomic E-state index is 12.7. The van der Waals surface area contributed by atoms with Crippen molar-refractivity contribution >= 4 is 57.3 Å². The fraction of sp³-hybridized carbons (Fsp3) is 0.190. The predicted molar refractivity (Wildman–Crippen MR) is 113 cm³/mol. The topological polar surface area (TPSA) is 83.7 Å². The Kier molecular flexibility index (Phi) is 5.41. The molecule has 1 saturated heterocycles. The second-order valence-corrected chi connectivity index (χ2v) is 7.53. The highest BCUT2D eigenvalue weighted by Gasteiger charge is 2.40. The number of aromatic nitrogens is 1. The predicted octanol–water partition coefficient (Wildman–Crippen LogP) is 3.84. The van der Waals surface area contributed by atoms with Gasteiger partial charge in [0.2, 0.25) is 5.91 Å². The Morgan fingerprint density at radius 2 is 1.90 bits per heavy atom. The van der Waals surface area contributed by atoms with Gasteiger partial charge in [0.25, 0.3) is 5.91 Å². The Hall–Kier alpha value is -2.67. The molecular formula is C21H17Cl2N3O3. The quantitative estimate of drug-likeness (QED) is 0.604. The number of aliphatic imine (C=N–C) groups is 1. The number of benzene rings is 2. The van der Waals surface area contributed by atoms with E-state index in [0.29, 0.717) is 34.3 Å². The molecule has 1 aliphatic heterocycles. The number of hydrogen-bond acceptors (Lipinski definition) is 4. The van der Waals surface area contributed by atoms with E-state index in [1.165, 1.54) is 0 Å². The Labute approximate surface area is 176 Å². The van der Waals surface area contributed by atoms with Crippen molar-refractivity contribution in [1.29, 1.82) is 0 Å². The lowest BCUT2D eigenvalue weighted by Gasteiger charge is -2.07. The van der Waals surface area contributed by atoms with E-state index in [2.05, 4.69) is 10.3 Å². The zero-order valence-corrected chi connectivity index (χ0v) is 16.7. The van der Waals surface area contributed by atoms with E-state index in [0.717, 1.165) is 10.9 Å². The van der Waals surface area contributed by atoms with Crippen LogP contribution in [0.4, 0.5) is 5.69 Å². The van der Waals surface area contributed by atoms with Gasteiger partial charge in [0.05, 0.1) is 15.7 Å². The molecular weight excluding hydrogens is 413 g/mol. The molecule has 0 aliphatic carbocycles. The lowest BCUT2D eigenvalue weighted by atomic mass is 9.95. The number of amides is 2. The van der Waals surface area contributed by atoms with E-state index in [4.69, 9.17) is 23.2 Å². The van der Waals surface area contributed by atoms with Crippen LogP contribution >= 0.6 is 23.2 Å². The molecule has 3 aromatic rings. The van der Waals surface area contributed by atoms with Gasteiger partial charge in [0, 0.05) is 30.3 Å². The van der Waals surface area contributed by atoms with Gasteiger partial charge in [0.1, 0.15) is 11.6 Å². The molecule has 4 rings (SSSR count). The van der Waals surface area contributed by atoms with Crippen LogP contribution in [0.1, 0.15) is 17.9 Å². The summed E-state index contributed by atoms with van der Waals surface area (Å²) in [5.41, 5.74) is 2.17. The number of imide groups is 1. The van der Waals surface area contributed by atoms with Gasteiger partial charge in [-0.05, 0) is 36.2 Å². The molecule has 1 atom stereocenters. The first kappa shape index (κ1) is 19.6.